The summed E-state index contributed by atoms with van der Waals surface area (Å²) in [7, 11) is 0. The van der Waals surface area contributed by atoms with Crippen LogP contribution in [-0.4, -0.2) is 16.1 Å². The summed E-state index contributed by atoms with van der Waals surface area (Å²) in [6.07, 6.45) is 0.376. The van der Waals surface area contributed by atoms with Crippen molar-refractivity contribution in [3.8, 4) is 0 Å². The Balaban J connectivity index is 2.31. The number of hydrogen-bond donors (Lipinski definition) is 1. The van der Waals surface area contributed by atoms with Gasteiger partial charge >= 0.3 is 0 Å². The molecule has 1 aromatic heterocycles. The third-order valence-electron chi connectivity index (χ3n) is 3.31. The lowest BCUT2D eigenvalue weighted by molar-refractivity contribution is 0.481. The first-order chi connectivity index (χ1) is 10.0. The van der Waals surface area contributed by atoms with Crippen molar-refractivity contribution in [3.05, 3.63) is 46.0 Å². The van der Waals surface area contributed by atoms with Gasteiger partial charge in [-0.25, -0.2) is 8.78 Å². The highest BCUT2D eigenvalue weighted by Crippen LogP contribution is 2.29. The second-order valence-electron chi connectivity index (χ2n) is 5.20. The average Bonchev–Trinajstić information content (AvgIpc) is 2.92. The third kappa shape index (κ3) is 3.63. The molecule has 6 heteroatoms. The number of likely N-dealkylation sites (N-methyl/N-ethyl adjacent to an activating group) is 1. The Bertz CT molecular complexity index is 598. The molecule has 2 rings (SSSR count). The van der Waals surface area contributed by atoms with E-state index in [1.165, 1.54) is 17.6 Å². The maximum Gasteiger partial charge on any atom is 0.162 e. The molecule has 0 radical (unpaired) electrons. The number of hydrogen-bond acceptors (Lipinski definition) is 4. The predicted molar refractivity (Wildman–Crippen MR) is 80.5 cm³/mol. The summed E-state index contributed by atoms with van der Waals surface area (Å²) in [6.45, 7) is 6.81. The van der Waals surface area contributed by atoms with E-state index in [4.69, 9.17) is 0 Å². The zero-order valence-corrected chi connectivity index (χ0v) is 13.2. The van der Waals surface area contributed by atoms with Crippen molar-refractivity contribution < 1.29 is 8.78 Å². The van der Waals surface area contributed by atoms with Gasteiger partial charge in [0.2, 0.25) is 0 Å². The fraction of sp³-hybridized carbons (Fsp3) is 0.467. The summed E-state index contributed by atoms with van der Waals surface area (Å²) in [5.41, 5.74) is 1.28. The topological polar surface area (TPSA) is 37.8 Å². The van der Waals surface area contributed by atoms with E-state index in [-0.39, 0.29) is 12.0 Å². The van der Waals surface area contributed by atoms with Crippen molar-refractivity contribution in [2.75, 3.05) is 6.54 Å². The van der Waals surface area contributed by atoms with Crippen LogP contribution >= 0.6 is 11.5 Å². The molecular weight excluding hydrogens is 292 g/mol. The van der Waals surface area contributed by atoms with E-state index < -0.39 is 11.6 Å². The van der Waals surface area contributed by atoms with Gasteiger partial charge in [0.25, 0.3) is 0 Å². The molecule has 1 heterocycles. The van der Waals surface area contributed by atoms with Gasteiger partial charge in [-0.2, -0.15) is 0 Å². The first-order valence-electron chi connectivity index (χ1n) is 7.03. The molecule has 0 aliphatic heterocycles. The van der Waals surface area contributed by atoms with Gasteiger partial charge in [0.05, 0.1) is 10.6 Å². The molecule has 1 aromatic carbocycles. The summed E-state index contributed by atoms with van der Waals surface area (Å²) in [6, 6.07) is 4.18. The number of rotatable bonds is 6. The Hall–Kier alpha value is -1.40. The Labute approximate surface area is 127 Å². The van der Waals surface area contributed by atoms with Gasteiger partial charge in [-0.1, -0.05) is 37.4 Å². The minimum absolute atomic E-state index is 0.108. The molecule has 0 saturated heterocycles. The Morgan fingerprint density at radius 2 is 2.05 bits per heavy atom. The highest BCUT2D eigenvalue weighted by atomic mass is 32.1. The van der Waals surface area contributed by atoms with E-state index in [2.05, 4.69) is 14.9 Å². The minimum Gasteiger partial charge on any atom is -0.309 e. The van der Waals surface area contributed by atoms with Gasteiger partial charge in [-0.3, -0.25) is 0 Å². The quantitative estimate of drug-likeness (QED) is 0.881. The lowest BCUT2D eigenvalue weighted by atomic mass is 9.99. The van der Waals surface area contributed by atoms with Gasteiger partial charge in [0.1, 0.15) is 0 Å². The first kappa shape index (κ1) is 16.0. The second-order valence-corrected chi connectivity index (χ2v) is 5.99. The SMILES string of the molecule is CCNC(Cc1cccc(F)c1F)c1snnc1C(C)C. The van der Waals surface area contributed by atoms with Gasteiger partial charge in [0.15, 0.2) is 11.6 Å². The molecule has 0 aliphatic rings. The standard InChI is InChI=1S/C15H19F2N3S/c1-4-18-12(15-14(9(2)3)19-20-21-15)8-10-6-5-7-11(16)13(10)17/h5-7,9,12,18H,4,8H2,1-3H3. The Kier molecular flexibility index (Phi) is 5.36. The molecule has 114 valence electrons. The highest BCUT2D eigenvalue weighted by molar-refractivity contribution is 7.05. The Morgan fingerprint density at radius 1 is 1.29 bits per heavy atom. The number of nitrogens with one attached hydrogen (secondary N) is 1. The van der Waals surface area contributed by atoms with E-state index >= 15 is 0 Å². The van der Waals surface area contributed by atoms with E-state index in [0.29, 0.717) is 12.0 Å². The number of benzene rings is 1. The van der Waals surface area contributed by atoms with E-state index in [9.17, 15) is 8.78 Å². The second kappa shape index (κ2) is 7.04. The van der Waals surface area contributed by atoms with Gasteiger partial charge in [-0.15, -0.1) is 5.10 Å². The van der Waals surface area contributed by atoms with Crippen LogP contribution < -0.4 is 5.32 Å². The van der Waals surface area contributed by atoms with Crippen LogP contribution in [0.4, 0.5) is 8.78 Å². The van der Waals surface area contributed by atoms with Crippen LogP contribution in [0.3, 0.4) is 0 Å². The van der Waals surface area contributed by atoms with Crippen LogP contribution in [0.25, 0.3) is 0 Å². The molecule has 1 unspecified atom stereocenters. The fourth-order valence-electron chi connectivity index (χ4n) is 2.28. The van der Waals surface area contributed by atoms with E-state index in [0.717, 1.165) is 23.2 Å². The molecule has 1 atom stereocenters. The van der Waals surface area contributed by atoms with Crippen LogP contribution in [0.5, 0.6) is 0 Å². The normalized spacial score (nSPS) is 12.9. The lowest BCUT2D eigenvalue weighted by Gasteiger charge is -2.18. The number of halogens is 2. The van der Waals surface area contributed by atoms with Crippen molar-refractivity contribution in [2.24, 2.45) is 0 Å². The van der Waals surface area contributed by atoms with Crippen LogP contribution in [0, 0.1) is 11.6 Å². The molecule has 0 amide bonds. The maximum absolute atomic E-state index is 13.9. The Morgan fingerprint density at radius 3 is 2.71 bits per heavy atom. The molecule has 0 bridgehead atoms. The lowest BCUT2D eigenvalue weighted by Crippen LogP contribution is -2.24. The molecule has 0 spiro atoms. The predicted octanol–water partition coefficient (Wildman–Crippen LogP) is 3.83. The largest absolute Gasteiger partial charge is 0.309 e. The van der Waals surface area contributed by atoms with E-state index in [1.54, 1.807) is 6.07 Å². The molecular formula is C15H19F2N3S. The fourth-order valence-corrected chi connectivity index (χ4v) is 3.16. The molecule has 0 fully saturated rings. The van der Waals surface area contributed by atoms with Crippen LogP contribution in [0.15, 0.2) is 18.2 Å². The summed E-state index contributed by atoms with van der Waals surface area (Å²) in [4.78, 5) is 0.996. The molecule has 3 nitrogen and oxygen atoms in total. The molecule has 21 heavy (non-hydrogen) atoms. The van der Waals surface area contributed by atoms with Crippen LogP contribution in [-0.2, 0) is 6.42 Å². The van der Waals surface area contributed by atoms with Gasteiger partial charge in [0, 0.05) is 6.04 Å². The van der Waals surface area contributed by atoms with Crippen molar-refractivity contribution in [3.63, 3.8) is 0 Å². The maximum atomic E-state index is 13.9. The van der Waals surface area contributed by atoms with Crippen molar-refractivity contribution in [1.82, 2.24) is 14.9 Å². The van der Waals surface area contributed by atoms with Gasteiger partial charge in [-0.05, 0) is 42.0 Å². The molecule has 1 N–H and O–H groups in total. The smallest absolute Gasteiger partial charge is 0.162 e. The molecule has 0 aliphatic carbocycles. The van der Waals surface area contributed by atoms with Crippen LogP contribution in [0.2, 0.25) is 0 Å². The van der Waals surface area contributed by atoms with Crippen molar-refractivity contribution in [2.45, 2.75) is 39.2 Å². The zero-order chi connectivity index (χ0) is 15.4. The monoisotopic (exact) mass is 311 g/mol. The van der Waals surface area contributed by atoms with Crippen molar-refractivity contribution >= 4 is 11.5 Å². The van der Waals surface area contributed by atoms with Crippen molar-refractivity contribution in [1.29, 1.82) is 0 Å². The molecule has 0 saturated carbocycles. The summed E-state index contributed by atoms with van der Waals surface area (Å²) < 4.78 is 31.2. The van der Waals surface area contributed by atoms with E-state index in [1.807, 2.05) is 20.8 Å². The first-order valence-corrected chi connectivity index (χ1v) is 7.80. The third-order valence-corrected chi connectivity index (χ3v) is 4.16. The molecule has 2 aromatic rings. The number of nitrogens with zero attached hydrogens (tertiary/aromatic N) is 2. The summed E-state index contributed by atoms with van der Waals surface area (Å²) in [5.74, 6) is -1.34. The minimum atomic E-state index is -0.811. The summed E-state index contributed by atoms with van der Waals surface area (Å²) in [5, 5.41) is 7.48. The summed E-state index contributed by atoms with van der Waals surface area (Å²) >= 11 is 1.32. The van der Waals surface area contributed by atoms with Gasteiger partial charge < -0.3 is 5.32 Å². The number of aromatic nitrogens is 2. The average molecular weight is 311 g/mol. The zero-order valence-electron chi connectivity index (χ0n) is 12.4. The van der Waals surface area contributed by atoms with Crippen LogP contribution in [0.1, 0.15) is 48.9 Å². The highest BCUT2D eigenvalue weighted by Gasteiger charge is 2.22.